The predicted octanol–water partition coefficient (Wildman–Crippen LogP) is 3.45. The molecule has 0 spiro atoms. The van der Waals surface area contributed by atoms with Crippen LogP contribution < -0.4 is 5.32 Å². The van der Waals surface area contributed by atoms with Gasteiger partial charge in [0.1, 0.15) is 5.82 Å². The molecule has 2 nitrogen and oxygen atoms in total. The summed E-state index contributed by atoms with van der Waals surface area (Å²) in [6, 6.07) is 5.23. The minimum atomic E-state index is -0.387. The first-order valence-electron chi connectivity index (χ1n) is 5.56. The molecule has 1 saturated heterocycles. The van der Waals surface area contributed by atoms with Crippen LogP contribution in [0.15, 0.2) is 23.2 Å². The van der Waals surface area contributed by atoms with Crippen LogP contribution in [0, 0.1) is 5.82 Å². The van der Waals surface area contributed by atoms with Gasteiger partial charge in [0.05, 0.1) is 11.6 Å². The van der Waals surface area contributed by atoms with Crippen LogP contribution in [0.3, 0.4) is 0 Å². The normalized spacial score (nSPS) is 21.8. The topological polar surface area (TPSA) is 24.4 Å². The number of amidine groups is 1. The largest absolute Gasteiger partial charge is 0.361 e. The third kappa shape index (κ3) is 3.36. The maximum atomic E-state index is 13.0. The van der Waals surface area contributed by atoms with Crippen molar-refractivity contribution in [1.82, 2.24) is 5.32 Å². The molecule has 0 aromatic heterocycles. The fraction of sp³-hybridized carbons (Fsp3) is 0.417. The maximum Gasteiger partial charge on any atom is 0.157 e. The molecule has 5 heteroatoms. The average molecular weight is 273 g/mol. The summed E-state index contributed by atoms with van der Waals surface area (Å²) >= 11 is 7.44. The zero-order valence-electron chi connectivity index (χ0n) is 9.54. The van der Waals surface area contributed by atoms with Gasteiger partial charge in [0.25, 0.3) is 0 Å². The molecule has 0 saturated carbocycles. The molecule has 2 rings (SSSR count). The Bertz CT molecular complexity index is 437. The lowest BCUT2D eigenvalue weighted by Crippen LogP contribution is -2.25. The summed E-state index contributed by atoms with van der Waals surface area (Å²) in [5.41, 5.74) is 0.922. The second-order valence-electron chi connectivity index (χ2n) is 3.93. The van der Waals surface area contributed by atoms with Gasteiger partial charge in [-0.3, -0.25) is 4.99 Å². The van der Waals surface area contributed by atoms with Gasteiger partial charge >= 0.3 is 0 Å². The van der Waals surface area contributed by atoms with Crippen LogP contribution in [0.4, 0.5) is 4.39 Å². The van der Waals surface area contributed by atoms with Crippen molar-refractivity contribution in [2.24, 2.45) is 4.99 Å². The highest BCUT2D eigenvalue weighted by Gasteiger charge is 2.17. The number of nitrogens with one attached hydrogen (secondary N) is 1. The first kappa shape index (κ1) is 12.7. The van der Waals surface area contributed by atoms with Crippen LogP contribution in [0.25, 0.3) is 0 Å². The molecule has 1 N–H and O–H groups in total. The van der Waals surface area contributed by atoms with E-state index in [1.54, 1.807) is 23.9 Å². The van der Waals surface area contributed by atoms with Crippen molar-refractivity contribution in [1.29, 1.82) is 0 Å². The molecule has 0 amide bonds. The standard InChI is InChI=1S/C12H14ClFN2S/c1-2-9-7-17-12(16-9)15-6-8-3-4-11(14)10(13)5-8/h3-5,9H,2,6-7H2,1H3,(H,15,16). The van der Waals surface area contributed by atoms with Gasteiger partial charge in [0.15, 0.2) is 5.17 Å². The highest BCUT2D eigenvalue weighted by atomic mass is 35.5. The lowest BCUT2D eigenvalue weighted by molar-refractivity contribution is 0.627. The Balaban J connectivity index is 1.98. The minimum Gasteiger partial charge on any atom is -0.361 e. The van der Waals surface area contributed by atoms with E-state index in [0.717, 1.165) is 22.9 Å². The van der Waals surface area contributed by atoms with E-state index in [-0.39, 0.29) is 10.8 Å². The Labute approximate surface area is 110 Å². The summed E-state index contributed by atoms with van der Waals surface area (Å²) in [6.45, 7) is 2.69. The van der Waals surface area contributed by atoms with Gasteiger partial charge in [0.2, 0.25) is 0 Å². The van der Waals surface area contributed by atoms with E-state index < -0.39 is 0 Å². The van der Waals surface area contributed by atoms with Gasteiger partial charge in [-0.05, 0) is 24.1 Å². The van der Waals surface area contributed by atoms with E-state index in [2.05, 4.69) is 17.2 Å². The van der Waals surface area contributed by atoms with E-state index in [0.29, 0.717) is 12.6 Å². The van der Waals surface area contributed by atoms with Crippen molar-refractivity contribution in [2.45, 2.75) is 25.9 Å². The molecule has 0 bridgehead atoms. The van der Waals surface area contributed by atoms with E-state index in [1.165, 1.54) is 6.07 Å². The molecule has 0 radical (unpaired) electrons. The van der Waals surface area contributed by atoms with E-state index in [1.807, 2.05) is 0 Å². The van der Waals surface area contributed by atoms with Crippen molar-refractivity contribution < 1.29 is 4.39 Å². The summed E-state index contributed by atoms with van der Waals surface area (Å²) in [4.78, 5) is 4.45. The number of nitrogens with zero attached hydrogens (tertiary/aromatic N) is 1. The molecule has 1 aromatic carbocycles. The molecule has 1 aliphatic rings. The molecule has 1 atom stereocenters. The summed E-state index contributed by atoms with van der Waals surface area (Å²) in [7, 11) is 0. The first-order chi connectivity index (χ1) is 8.19. The Hall–Kier alpha value is -0.740. The Morgan fingerprint density at radius 3 is 3.06 bits per heavy atom. The molecule has 1 aromatic rings. The van der Waals surface area contributed by atoms with Gasteiger partial charge in [-0.25, -0.2) is 4.39 Å². The Morgan fingerprint density at radius 2 is 2.41 bits per heavy atom. The Morgan fingerprint density at radius 1 is 1.59 bits per heavy atom. The quantitative estimate of drug-likeness (QED) is 0.911. The first-order valence-corrected chi connectivity index (χ1v) is 6.93. The number of hydrogen-bond acceptors (Lipinski definition) is 2. The Kier molecular flexibility index (Phi) is 4.29. The molecule has 17 heavy (non-hydrogen) atoms. The lowest BCUT2D eigenvalue weighted by Gasteiger charge is -2.05. The third-order valence-corrected chi connectivity index (χ3v) is 4.01. The number of rotatable bonds is 3. The SMILES string of the molecule is CCC1CSC(=NCc2ccc(F)c(Cl)c2)N1. The second kappa shape index (κ2) is 5.74. The molecular formula is C12H14ClFN2S. The van der Waals surface area contributed by atoms with Crippen molar-refractivity contribution in [3.63, 3.8) is 0 Å². The van der Waals surface area contributed by atoms with Crippen molar-refractivity contribution in [3.05, 3.63) is 34.6 Å². The van der Waals surface area contributed by atoms with Crippen LogP contribution in [-0.2, 0) is 6.54 Å². The van der Waals surface area contributed by atoms with Crippen molar-refractivity contribution in [3.8, 4) is 0 Å². The highest BCUT2D eigenvalue weighted by molar-refractivity contribution is 8.14. The monoisotopic (exact) mass is 272 g/mol. The lowest BCUT2D eigenvalue weighted by atomic mass is 10.2. The predicted molar refractivity (Wildman–Crippen MR) is 72.2 cm³/mol. The fourth-order valence-electron chi connectivity index (χ4n) is 1.55. The molecule has 1 fully saturated rings. The molecule has 1 aliphatic heterocycles. The number of aliphatic imine (C=N–C) groups is 1. The summed E-state index contributed by atoms with van der Waals surface area (Å²) in [5.74, 6) is 0.682. The maximum absolute atomic E-state index is 13.0. The van der Waals surface area contributed by atoms with Gasteiger partial charge < -0.3 is 5.32 Å². The number of thioether (sulfide) groups is 1. The molecule has 0 aliphatic carbocycles. The van der Waals surface area contributed by atoms with E-state index in [4.69, 9.17) is 11.6 Å². The number of hydrogen-bond donors (Lipinski definition) is 1. The van der Waals surface area contributed by atoms with Gasteiger partial charge in [-0.2, -0.15) is 0 Å². The van der Waals surface area contributed by atoms with Crippen molar-refractivity contribution in [2.75, 3.05) is 5.75 Å². The van der Waals surface area contributed by atoms with Crippen LogP contribution in [-0.4, -0.2) is 17.0 Å². The zero-order valence-corrected chi connectivity index (χ0v) is 11.1. The zero-order chi connectivity index (χ0) is 12.3. The van der Waals surface area contributed by atoms with Crippen LogP contribution in [0.1, 0.15) is 18.9 Å². The molecule has 1 heterocycles. The smallest absolute Gasteiger partial charge is 0.157 e. The summed E-state index contributed by atoms with van der Waals surface area (Å²) in [5, 5.41) is 4.47. The molecule has 92 valence electrons. The summed E-state index contributed by atoms with van der Waals surface area (Å²) < 4.78 is 13.0. The molecular weight excluding hydrogens is 259 g/mol. The third-order valence-electron chi connectivity index (χ3n) is 2.63. The average Bonchev–Trinajstić information content (AvgIpc) is 2.79. The van der Waals surface area contributed by atoms with Crippen LogP contribution in [0.5, 0.6) is 0 Å². The van der Waals surface area contributed by atoms with E-state index >= 15 is 0 Å². The van der Waals surface area contributed by atoms with Crippen LogP contribution >= 0.6 is 23.4 Å². The van der Waals surface area contributed by atoms with Gasteiger partial charge in [0, 0.05) is 11.8 Å². The number of halogens is 2. The van der Waals surface area contributed by atoms with Crippen molar-refractivity contribution >= 4 is 28.5 Å². The van der Waals surface area contributed by atoms with Gasteiger partial charge in [-0.1, -0.05) is 36.4 Å². The van der Waals surface area contributed by atoms with E-state index in [9.17, 15) is 4.39 Å². The molecule has 1 unspecified atom stereocenters. The highest BCUT2D eigenvalue weighted by Crippen LogP contribution is 2.19. The van der Waals surface area contributed by atoms with Gasteiger partial charge in [-0.15, -0.1) is 0 Å². The number of benzene rings is 1. The summed E-state index contributed by atoms with van der Waals surface area (Å²) in [6.07, 6.45) is 1.11. The second-order valence-corrected chi connectivity index (χ2v) is 5.35. The fourth-order valence-corrected chi connectivity index (χ4v) is 2.84. The van der Waals surface area contributed by atoms with Crippen LogP contribution in [0.2, 0.25) is 5.02 Å². The minimum absolute atomic E-state index is 0.154.